The van der Waals surface area contributed by atoms with Gasteiger partial charge in [0.25, 0.3) is 0 Å². The molecule has 1 unspecified atom stereocenters. The molecular formula is C20H27N3O2S. The first-order valence-electron chi connectivity index (χ1n) is 9.44. The second-order valence-electron chi connectivity index (χ2n) is 8.56. The average molecular weight is 374 g/mol. The van der Waals surface area contributed by atoms with Gasteiger partial charge in [0, 0.05) is 11.3 Å². The molecular weight excluding hydrogens is 346 g/mol. The van der Waals surface area contributed by atoms with E-state index in [1.54, 1.807) is 0 Å². The van der Waals surface area contributed by atoms with Gasteiger partial charge in [-0.05, 0) is 55.2 Å². The molecule has 0 bridgehead atoms. The van der Waals surface area contributed by atoms with Gasteiger partial charge in [0.05, 0.1) is 23.2 Å². The number of hydrogen-bond donors (Lipinski definition) is 1. The number of nitrogens with one attached hydrogen (secondary N) is 1. The van der Waals surface area contributed by atoms with Crippen LogP contribution < -0.4 is 4.72 Å². The third-order valence-corrected chi connectivity index (χ3v) is 7.39. The van der Waals surface area contributed by atoms with Crippen LogP contribution in [0.1, 0.15) is 69.3 Å². The molecule has 2 aliphatic carbocycles. The van der Waals surface area contributed by atoms with E-state index in [0.29, 0.717) is 0 Å². The smallest absolute Gasteiger partial charge is 0.215 e. The number of sulfonamides is 1. The summed E-state index contributed by atoms with van der Waals surface area (Å²) in [6, 6.07) is 8.36. The molecule has 1 aromatic heterocycles. The molecule has 140 valence electrons. The molecule has 2 aromatic rings. The highest BCUT2D eigenvalue weighted by molar-refractivity contribution is 7.90. The Morgan fingerprint density at radius 2 is 1.81 bits per heavy atom. The highest BCUT2D eigenvalue weighted by atomic mass is 32.2. The zero-order chi connectivity index (χ0) is 18.5. The molecule has 6 heteroatoms. The van der Waals surface area contributed by atoms with Crippen molar-refractivity contribution in [1.82, 2.24) is 14.5 Å². The second-order valence-corrected chi connectivity index (χ2v) is 10.6. The normalized spacial score (nSPS) is 20.8. The van der Waals surface area contributed by atoms with Crippen molar-refractivity contribution in [2.45, 2.75) is 69.6 Å². The van der Waals surface area contributed by atoms with Gasteiger partial charge in [0.2, 0.25) is 10.0 Å². The third-order valence-electron chi connectivity index (χ3n) is 5.43. The molecule has 1 fully saturated rings. The van der Waals surface area contributed by atoms with E-state index in [0.717, 1.165) is 49.0 Å². The van der Waals surface area contributed by atoms with Crippen LogP contribution in [0.2, 0.25) is 0 Å². The van der Waals surface area contributed by atoms with E-state index in [9.17, 15) is 8.42 Å². The summed E-state index contributed by atoms with van der Waals surface area (Å²) in [6.07, 6.45) is 6.15. The molecule has 0 spiro atoms. The lowest BCUT2D eigenvalue weighted by atomic mass is 9.87. The van der Waals surface area contributed by atoms with Crippen molar-refractivity contribution < 1.29 is 8.42 Å². The summed E-state index contributed by atoms with van der Waals surface area (Å²) in [5, 5.41) is 4.40. The molecule has 4 rings (SSSR count). The molecule has 0 amide bonds. The standard InChI is InChI=1S/C20H27N3O2S/c1-20(2,3)14-7-9-15(10-8-14)23-19-6-4-5-18(17(19)13-21-23)22-26(24,25)16-11-12-16/h7-10,13,16,18,22H,4-6,11-12H2,1-3H3. The van der Waals surface area contributed by atoms with Crippen molar-refractivity contribution in [1.29, 1.82) is 0 Å². The number of fused-ring (bicyclic) bond motifs is 1. The van der Waals surface area contributed by atoms with E-state index in [4.69, 9.17) is 0 Å². The van der Waals surface area contributed by atoms with Gasteiger partial charge in [-0.1, -0.05) is 32.9 Å². The van der Waals surface area contributed by atoms with E-state index in [1.165, 1.54) is 5.56 Å². The molecule has 0 radical (unpaired) electrons. The molecule has 1 aromatic carbocycles. The molecule has 1 saturated carbocycles. The Morgan fingerprint density at radius 1 is 1.12 bits per heavy atom. The van der Waals surface area contributed by atoms with Gasteiger partial charge in [-0.3, -0.25) is 0 Å². The van der Waals surface area contributed by atoms with Crippen molar-refractivity contribution in [3.8, 4) is 5.69 Å². The quantitative estimate of drug-likeness (QED) is 0.890. The first-order chi connectivity index (χ1) is 12.3. The van der Waals surface area contributed by atoms with E-state index in [-0.39, 0.29) is 16.7 Å². The lowest BCUT2D eigenvalue weighted by molar-refractivity contribution is 0.501. The molecule has 5 nitrogen and oxygen atoms in total. The van der Waals surface area contributed by atoms with Crippen LogP contribution >= 0.6 is 0 Å². The fourth-order valence-corrected chi connectivity index (χ4v) is 5.27. The summed E-state index contributed by atoms with van der Waals surface area (Å²) >= 11 is 0. The highest BCUT2D eigenvalue weighted by Gasteiger charge is 2.38. The minimum atomic E-state index is -3.19. The fourth-order valence-electron chi connectivity index (χ4n) is 3.68. The van der Waals surface area contributed by atoms with Gasteiger partial charge in [-0.25, -0.2) is 17.8 Å². The van der Waals surface area contributed by atoms with Gasteiger partial charge < -0.3 is 0 Å². The van der Waals surface area contributed by atoms with Gasteiger partial charge in [0.15, 0.2) is 0 Å². The zero-order valence-corrected chi connectivity index (χ0v) is 16.5. The van der Waals surface area contributed by atoms with Gasteiger partial charge in [-0.15, -0.1) is 0 Å². The maximum Gasteiger partial charge on any atom is 0.215 e. The Kier molecular flexibility index (Phi) is 4.23. The lowest BCUT2D eigenvalue weighted by Crippen LogP contribution is -2.33. The van der Waals surface area contributed by atoms with Crippen LogP contribution in [0, 0.1) is 0 Å². The van der Waals surface area contributed by atoms with Crippen LogP contribution in [-0.2, 0) is 21.9 Å². The fraction of sp³-hybridized carbons (Fsp3) is 0.550. The zero-order valence-electron chi connectivity index (χ0n) is 15.7. The van der Waals surface area contributed by atoms with Gasteiger partial charge >= 0.3 is 0 Å². The molecule has 26 heavy (non-hydrogen) atoms. The summed E-state index contributed by atoms with van der Waals surface area (Å²) in [4.78, 5) is 0. The Labute approximate surface area is 155 Å². The van der Waals surface area contributed by atoms with E-state index in [2.05, 4.69) is 54.9 Å². The first kappa shape index (κ1) is 17.7. The number of rotatable bonds is 4. The Bertz CT molecular complexity index is 904. The van der Waals surface area contributed by atoms with Crippen LogP contribution in [0.5, 0.6) is 0 Å². The SMILES string of the molecule is CC(C)(C)c1ccc(-n2ncc3c2CCCC3NS(=O)(=O)C2CC2)cc1. The van der Waals surface area contributed by atoms with Crippen molar-refractivity contribution in [2.75, 3.05) is 0 Å². The minimum Gasteiger partial charge on any atom is -0.237 e. The van der Waals surface area contributed by atoms with Crippen LogP contribution in [0.4, 0.5) is 0 Å². The lowest BCUT2D eigenvalue weighted by Gasteiger charge is -2.24. The van der Waals surface area contributed by atoms with Crippen LogP contribution in [0.15, 0.2) is 30.5 Å². The van der Waals surface area contributed by atoms with Crippen LogP contribution in [0.25, 0.3) is 5.69 Å². The number of nitrogens with zero attached hydrogens (tertiary/aromatic N) is 2. The van der Waals surface area contributed by atoms with Crippen molar-refractivity contribution in [3.63, 3.8) is 0 Å². The number of aromatic nitrogens is 2. The van der Waals surface area contributed by atoms with Crippen LogP contribution in [-0.4, -0.2) is 23.4 Å². The Morgan fingerprint density at radius 3 is 2.42 bits per heavy atom. The summed E-state index contributed by atoms with van der Waals surface area (Å²) in [7, 11) is -3.19. The molecule has 0 saturated heterocycles. The molecule has 2 aliphatic rings. The monoisotopic (exact) mass is 373 g/mol. The second kappa shape index (κ2) is 6.20. The Balaban J connectivity index is 1.62. The predicted molar refractivity (Wildman–Crippen MR) is 103 cm³/mol. The molecule has 1 N–H and O–H groups in total. The summed E-state index contributed by atoms with van der Waals surface area (Å²) in [6.45, 7) is 6.61. The summed E-state index contributed by atoms with van der Waals surface area (Å²) in [5.41, 5.74) is 4.60. The highest BCUT2D eigenvalue weighted by Crippen LogP contribution is 2.35. The van der Waals surface area contributed by atoms with Gasteiger partial charge in [0.1, 0.15) is 0 Å². The van der Waals surface area contributed by atoms with Crippen molar-refractivity contribution >= 4 is 10.0 Å². The maximum absolute atomic E-state index is 12.3. The first-order valence-corrected chi connectivity index (χ1v) is 11.0. The molecule has 1 heterocycles. The largest absolute Gasteiger partial charge is 0.237 e. The van der Waals surface area contributed by atoms with Crippen LogP contribution in [0.3, 0.4) is 0 Å². The topological polar surface area (TPSA) is 64.0 Å². The predicted octanol–water partition coefficient (Wildman–Crippen LogP) is 3.63. The number of benzene rings is 1. The van der Waals surface area contributed by atoms with E-state index >= 15 is 0 Å². The molecule has 0 aliphatic heterocycles. The average Bonchev–Trinajstić information content (AvgIpc) is 3.35. The van der Waals surface area contributed by atoms with Gasteiger partial charge in [-0.2, -0.15) is 5.10 Å². The van der Waals surface area contributed by atoms with Crippen molar-refractivity contribution in [2.24, 2.45) is 0 Å². The van der Waals surface area contributed by atoms with Crippen molar-refractivity contribution in [3.05, 3.63) is 47.3 Å². The summed E-state index contributed by atoms with van der Waals surface area (Å²) in [5.74, 6) is 0. The minimum absolute atomic E-state index is 0.119. The molecule has 1 atom stereocenters. The maximum atomic E-state index is 12.3. The number of hydrogen-bond acceptors (Lipinski definition) is 3. The van der Waals surface area contributed by atoms with E-state index in [1.807, 2.05) is 10.9 Å². The third kappa shape index (κ3) is 3.32. The van der Waals surface area contributed by atoms with E-state index < -0.39 is 10.0 Å². The summed E-state index contributed by atoms with van der Waals surface area (Å²) < 4.78 is 29.6. The Hall–Kier alpha value is -1.66.